The van der Waals surface area contributed by atoms with E-state index in [1.54, 1.807) is 18.2 Å². The predicted molar refractivity (Wildman–Crippen MR) is 117 cm³/mol. The Bertz CT molecular complexity index is 1250. The van der Waals surface area contributed by atoms with Crippen LogP contribution < -0.4 is 21.1 Å². The Kier molecular flexibility index (Phi) is 6.01. The van der Waals surface area contributed by atoms with Gasteiger partial charge in [0.25, 0.3) is 0 Å². The van der Waals surface area contributed by atoms with Gasteiger partial charge in [-0.25, -0.2) is 22.9 Å². The van der Waals surface area contributed by atoms with Crippen LogP contribution in [0.5, 0.6) is 0 Å². The molecule has 0 aliphatic heterocycles. The first kappa shape index (κ1) is 21.7. The van der Waals surface area contributed by atoms with E-state index in [2.05, 4.69) is 25.9 Å². The number of primary sulfonamides is 1. The normalized spacial score (nSPS) is 13.4. The first-order valence-electron chi connectivity index (χ1n) is 9.84. The summed E-state index contributed by atoms with van der Waals surface area (Å²) in [4.78, 5) is 19.8. The predicted octanol–water partition coefficient (Wildman–Crippen LogP) is 2.78. The number of rotatable bonds is 8. The molecule has 1 heterocycles. The molecule has 0 saturated heterocycles. The van der Waals surface area contributed by atoms with Crippen LogP contribution in [-0.4, -0.2) is 24.3 Å². The maximum absolute atomic E-state index is 14.3. The summed E-state index contributed by atoms with van der Waals surface area (Å²) in [6, 6.07) is 12.9. The Morgan fingerprint density at radius 1 is 1.09 bits per heavy atom. The fourth-order valence-corrected chi connectivity index (χ4v) is 3.46. The lowest BCUT2D eigenvalue weighted by Gasteiger charge is -2.11. The van der Waals surface area contributed by atoms with Gasteiger partial charge in [-0.05, 0) is 54.8 Å². The van der Waals surface area contributed by atoms with Crippen molar-refractivity contribution in [2.75, 3.05) is 10.6 Å². The quantitative estimate of drug-likeness (QED) is 0.409. The average Bonchev–Trinajstić information content (AvgIpc) is 3.60. The van der Waals surface area contributed by atoms with Crippen molar-refractivity contribution < 1.29 is 17.6 Å². The summed E-state index contributed by atoms with van der Waals surface area (Å²) in [5.74, 6) is -0.383. The van der Waals surface area contributed by atoms with Gasteiger partial charge in [0.1, 0.15) is 0 Å². The van der Waals surface area contributed by atoms with Gasteiger partial charge in [-0.3, -0.25) is 4.79 Å². The van der Waals surface area contributed by atoms with Crippen molar-refractivity contribution in [2.45, 2.75) is 24.3 Å². The molecule has 0 unspecified atom stereocenters. The number of nitrogens with one attached hydrogen (secondary N) is 3. The fourth-order valence-electron chi connectivity index (χ4n) is 2.95. The number of benzene rings is 2. The first-order chi connectivity index (χ1) is 15.3. The topological polar surface area (TPSA) is 139 Å². The highest BCUT2D eigenvalue weighted by Crippen LogP contribution is 2.29. The SMILES string of the molecule is NS(=O)(=O)c1ccc(Nc2ncc(F)c(Nc3cccc(CNC(=O)C4CC4)c3)n2)cc1. The standard InChI is InChI=1S/C21H21FN6O3S/c22-18-12-25-21(27-15-6-8-17(9-7-15)32(23,30)31)28-19(18)26-16-3-1-2-13(10-16)11-24-20(29)14-4-5-14/h1-3,6-10,12,14H,4-5,11H2,(H,24,29)(H2,23,30,31)(H2,25,26,27,28). The van der Waals surface area contributed by atoms with E-state index in [1.165, 1.54) is 24.3 Å². The van der Waals surface area contributed by atoms with E-state index in [0.717, 1.165) is 24.6 Å². The number of halogens is 1. The molecule has 11 heteroatoms. The summed E-state index contributed by atoms with van der Waals surface area (Å²) in [5, 5.41) is 13.8. The highest BCUT2D eigenvalue weighted by molar-refractivity contribution is 7.89. The lowest BCUT2D eigenvalue weighted by Crippen LogP contribution is -2.24. The maximum atomic E-state index is 14.3. The Balaban J connectivity index is 1.44. The number of hydrogen-bond donors (Lipinski definition) is 4. The van der Waals surface area contributed by atoms with Crippen LogP contribution in [0.2, 0.25) is 0 Å². The third kappa shape index (κ3) is 5.56. The van der Waals surface area contributed by atoms with Crippen molar-refractivity contribution in [3.05, 3.63) is 66.1 Å². The van der Waals surface area contributed by atoms with E-state index in [4.69, 9.17) is 5.14 Å². The number of anilines is 4. The molecule has 1 aliphatic rings. The van der Waals surface area contributed by atoms with Crippen molar-refractivity contribution in [1.82, 2.24) is 15.3 Å². The van der Waals surface area contributed by atoms with Crippen LogP contribution in [0.1, 0.15) is 18.4 Å². The average molecular weight is 457 g/mol. The van der Waals surface area contributed by atoms with Crippen LogP contribution >= 0.6 is 0 Å². The van der Waals surface area contributed by atoms with Crippen molar-refractivity contribution in [3.8, 4) is 0 Å². The second-order valence-electron chi connectivity index (χ2n) is 7.40. The zero-order chi connectivity index (χ0) is 22.7. The van der Waals surface area contributed by atoms with Crippen LogP contribution in [-0.2, 0) is 21.4 Å². The van der Waals surface area contributed by atoms with Gasteiger partial charge in [0, 0.05) is 23.8 Å². The van der Waals surface area contributed by atoms with Crippen LogP contribution in [0.4, 0.5) is 27.5 Å². The van der Waals surface area contributed by atoms with Gasteiger partial charge in [0.2, 0.25) is 21.9 Å². The number of amides is 1. The van der Waals surface area contributed by atoms with Crippen LogP contribution in [0, 0.1) is 11.7 Å². The highest BCUT2D eigenvalue weighted by Gasteiger charge is 2.29. The molecule has 166 valence electrons. The number of hydrogen-bond acceptors (Lipinski definition) is 7. The zero-order valence-electron chi connectivity index (χ0n) is 16.9. The third-order valence-electron chi connectivity index (χ3n) is 4.79. The molecule has 9 nitrogen and oxygen atoms in total. The molecule has 1 fully saturated rings. The molecular formula is C21H21FN6O3S. The summed E-state index contributed by atoms with van der Waals surface area (Å²) in [6.45, 7) is 0.387. The summed E-state index contributed by atoms with van der Waals surface area (Å²) in [7, 11) is -3.80. The smallest absolute Gasteiger partial charge is 0.238 e. The molecular weight excluding hydrogens is 435 g/mol. The molecule has 1 amide bonds. The molecule has 0 bridgehead atoms. The minimum Gasteiger partial charge on any atom is -0.352 e. The highest BCUT2D eigenvalue weighted by atomic mass is 32.2. The summed E-state index contributed by atoms with van der Waals surface area (Å²) in [6.07, 6.45) is 2.90. The lowest BCUT2D eigenvalue weighted by molar-refractivity contribution is -0.122. The van der Waals surface area contributed by atoms with Crippen LogP contribution in [0.25, 0.3) is 0 Å². The van der Waals surface area contributed by atoms with Gasteiger partial charge in [-0.15, -0.1) is 0 Å². The second kappa shape index (κ2) is 8.89. The van der Waals surface area contributed by atoms with Crippen LogP contribution in [0.15, 0.2) is 59.6 Å². The number of sulfonamides is 1. The number of nitrogens with two attached hydrogens (primary N) is 1. The monoisotopic (exact) mass is 456 g/mol. The number of carbonyl (C=O) groups excluding carboxylic acids is 1. The van der Waals surface area contributed by atoms with Crippen molar-refractivity contribution in [3.63, 3.8) is 0 Å². The van der Waals surface area contributed by atoms with E-state index in [-0.39, 0.29) is 28.5 Å². The van der Waals surface area contributed by atoms with Gasteiger partial charge in [0.15, 0.2) is 11.6 Å². The number of carbonyl (C=O) groups is 1. The molecule has 1 aromatic heterocycles. The molecule has 0 spiro atoms. The van der Waals surface area contributed by atoms with Gasteiger partial charge >= 0.3 is 0 Å². The lowest BCUT2D eigenvalue weighted by atomic mass is 10.2. The molecule has 1 aliphatic carbocycles. The molecule has 0 atom stereocenters. The number of nitrogens with zero attached hydrogens (tertiary/aromatic N) is 2. The molecule has 3 aromatic rings. The molecule has 4 rings (SSSR count). The Hall–Kier alpha value is -3.57. The van der Waals surface area contributed by atoms with Crippen LogP contribution in [0.3, 0.4) is 0 Å². The van der Waals surface area contributed by atoms with Gasteiger partial charge in [-0.1, -0.05) is 12.1 Å². The number of aromatic nitrogens is 2. The largest absolute Gasteiger partial charge is 0.352 e. The zero-order valence-corrected chi connectivity index (χ0v) is 17.7. The van der Waals surface area contributed by atoms with E-state index >= 15 is 0 Å². The summed E-state index contributed by atoms with van der Waals surface area (Å²) < 4.78 is 37.0. The molecule has 2 aromatic carbocycles. The minimum atomic E-state index is -3.80. The van der Waals surface area contributed by atoms with Gasteiger partial charge in [0.05, 0.1) is 11.1 Å². The van der Waals surface area contributed by atoms with E-state index in [0.29, 0.717) is 17.9 Å². The summed E-state index contributed by atoms with van der Waals surface area (Å²) >= 11 is 0. The minimum absolute atomic E-state index is 0.0290. The molecule has 1 saturated carbocycles. The fraction of sp³-hybridized carbons (Fsp3) is 0.190. The second-order valence-corrected chi connectivity index (χ2v) is 8.96. The summed E-state index contributed by atoms with van der Waals surface area (Å²) in [5.41, 5.74) is 1.97. The Morgan fingerprint density at radius 3 is 2.53 bits per heavy atom. The van der Waals surface area contributed by atoms with E-state index < -0.39 is 15.8 Å². The maximum Gasteiger partial charge on any atom is 0.238 e. The first-order valence-corrected chi connectivity index (χ1v) is 11.4. The Morgan fingerprint density at radius 2 is 1.84 bits per heavy atom. The molecule has 0 radical (unpaired) electrons. The Labute approximate surface area is 184 Å². The van der Waals surface area contributed by atoms with Crippen molar-refractivity contribution in [1.29, 1.82) is 0 Å². The molecule has 5 N–H and O–H groups in total. The molecule has 32 heavy (non-hydrogen) atoms. The third-order valence-corrected chi connectivity index (χ3v) is 5.72. The van der Waals surface area contributed by atoms with Crippen molar-refractivity contribution in [2.24, 2.45) is 11.1 Å². The van der Waals surface area contributed by atoms with Gasteiger partial charge in [-0.2, -0.15) is 4.98 Å². The van der Waals surface area contributed by atoms with E-state index in [1.807, 2.05) is 6.07 Å². The van der Waals surface area contributed by atoms with Crippen molar-refractivity contribution >= 4 is 39.1 Å². The van der Waals surface area contributed by atoms with Gasteiger partial charge < -0.3 is 16.0 Å². The van der Waals surface area contributed by atoms with E-state index in [9.17, 15) is 17.6 Å².